The van der Waals surface area contributed by atoms with Crippen molar-refractivity contribution in [3.63, 3.8) is 0 Å². The highest BCUT2D eigenvalue weighted by Gasteiger charge is 2.31. The van der Waals surface area contributed by atoms with E-state index in [1.807, 2.05) is 51.1 Å². The molecule has 0 aliphatic carbocycles. The van der Waals surface area contributed by atoms with E-state index in [4.69, 9.17) is 4.98 Å². The van der Waals surface area contributed by atoms with Crippen molar-refractivity contribution < 1.29 is 14.4 Å². The van der Waals surface area contributed by atoms with Gasteiger partial charge in [-0.1, -0.05) is 50.6 Å². The highest BCUT2D eigenvalue weighted by atomic mass is 16.2. The van der Waals surface area contributed by atoms with E-state index in [2.05, 4.69) is 31.3 Å². The summed E-state index contributed by atoms with van der Waals surface area (Å²) in [4.78, 5) is 47.0. The third kappa shape index (κ3) is 7.33. The van der Waals surface area contributed by atoms with Gasteiger partial charge in [-0.3, -0.25) is 14.4 Å². The molecule has 1 aliphatic rings. The van der Waals surface area contributed by atoms with Crippen LogP contribution in [0.25, 0.3) is 5.69 Å². The van der Waals surface area contributed by atoms with Crippen LogP contribution in [0.5, 0.6) is 0 Å². The van der Waals surface area contributed by atoms with Crippen molar-refractivity contribution in [3.8, 4) is 5.69 Å². The minimum atomic E-state index is -0.706. The number of aromatic nitrogens is 7. The van der Waals surface area contributed by atoms with E-state index in [-0.39, 0.29) is 30.1 Å². The average molecular weight is 599 g/mol. The SMILES string of the molecule is CC[C@H](C)[C@@H]1NC(=O)CCCN(C(=O)c2ccc(-n3cnnn3)cc2)CCn2nc(C)nc2[C@H](Cc2ccccc2)NC1=O. The average Bonchev–Trinajstić information content (AvgIpc) is 3.71. The Balaban J connectivity index is 1.45. The highest BCUT2D eigenvalue weighted by molar-refractivity contribution is 5.94. The van der Waals surface area contributed by atoms with Gasteiger partial charge in [-0.05, 0) is 65.9 Å². The van der Waals surface area contributed by atoms with Crippen LogP contribution < -0.4 is 10.6 Å². The fraction of sp³-hybridized carbons (Fsp3) is 0.419. The van der Waals surface area contributed by atoms with Crippen molar-refractivity contribution in [2.45, 2.75) is 65.1 Å². The molecule has 4 aromatic rings. The number of hydrogen-bond donors (Lipinski definition) is 2. The number of aryl methyl sites for hydroxylation is 1. The second-order valence-corrected chi connectivity index (χ2v) is 11.1. The molecule has 5 rings (SSSR count). The lowest BCUT2D eigenvalue weighted by molar-refractivity contribution is -0.130. The summed E-state index contributed by atoms with van der Waals surface area (Å²) in [6.07, 6.45) is 3.31. The van der Waals surface area contributed by atoms with Gasteiger partial charge in [-0.2, -0.15) is 5.10 Å². The van der Waals surface area contributed by atoms with Crippen LogP contribution in [-0.4, -0.2) is 76.7 Å². The first kappa shape index (κ1) is 30.5. The molecule has 0 saturated heterocycles. The van der Waals surface area contributed by atoms with Gasteiger partial charge < -0.3 is 15.5 Å². The van der Waals surface area contributed by atoms with E-state index >= 15 is 0 Å². The molecule has 44 heavy (non-hydrogen) atoms. The number of carbonyl (C=O) groups excluding carboxylic acids is 3. The van der Waals surface area contributed by atoms with Crippen molar-refractivity contribution in [1.82, 2.24) is 50.5 Å². The van der Waals surface area contributed by atoms with Crippen LogP contribution >= 0.6 is 0 Å². The maximum absolute atomic E-state index is 13.7. The third-order valence-corrected chi connectivity index (χ3v) is 7.96. The summed E-state index contributed by atoms with van der Waals surface area (Å²) in [7, 11) is 0. The van der Waals surface area contributed by atoms with Gasteiger partial charge in [0.2, 0.25) is 11.8 Å². The Morgan fingerprint density at radius 2 is 1.80 bits per heavy atom. The molecule has 1 aliphatic heterocycles. The van der Waals surface area contributed by atoms with Gasteiger partial charge in [-0.15, -0.1) is 5.10 Å². The molecule has 2 aromatic carbocycles. The topological polar surface area (TPSA) is 153 Å². The fourth-order valence-corrected chi connectivity index (χ4v) is 5.34. The molecule has 2 aromatic heterocycles. The van der Waals surface area contributed by atoms with Crippen LogP contribution in [-0.2, 0) is 22.6 Å². The Hall–Kier alpha value is -4.94. The van der Waals surface area contributed by atoms with Gasteiger partial charge in [-0.25, -0.2) is 14.3 Å². The number of amides is 3. The number of fused-ring (bicyclic) bond motifs is 1. The van der Waals surface area contributed by atoms with Crippen LogP contribution in [0.3, 0.4) is 0 Å². The molecule has 0 bridgehead atoms. The largest absolute Gasteiger partial charge is 0.344 e. The molecule has 0 fully saturated rings. The zero-order valence-corrected chi connectivity index (χ0v) is 25.3. The van der Waals surface area contributed by atoms with Gasteiger partial charge in [0, 0.05) is 25.1 Å². The normalized spacial score (nSPS) is 18.9. The summed E-state index contributed by atoms with van der Waals surface area (Å²) in [5.74, 6) is 0.451. The number of benzene rings is 2. The Morgan fingerprint density at radius 3 is 2.50 bits per heavy atom. The molecular weight excluding hydrogens is 560 g/mol. The lowest BCUT2D eigenvalue weighted by atomic mass is 9.97. The number of hydrogen-bond acceptors (Lipinski definition) is 8. The van der Waals surface area contributed by atoms with Crippen LogP contribution in [0, 0.1) is 12.8 Å². The predicted molar refractivity (Wildman–Crippen MR) is 161 cm³/mol. The predicted octanol–water partition coefficient (Wildman–Crippen LogP) is 2.43. The summed E-state index contributed by atoms with van der Waals surface area (Å²) in [5.41, 5.74) is 2.26. The zero-order chi connectivity index (χ0) is 31.1. The molecule has 230 valence electrons. The molecule has 0 spiro atoms. The molecule has 0 radical (unpaired) electrons. The molecule has 13 heteroatoms. The molecular formula is C31H38N10O3. The van der Waals surface area contributed by atoms with E-state index in [0.29, 0.717) is 56.1 Å². The van der Waals surface area contributed by atoms with E-state index in [1.165, 1.54) is 11.0 Å². The second kappa shape index (κ2) is 14.0. The fourth-order valence-electron chi connectivity index (χ4n) is 5.34. The summed E-state index contributed by atoms with van der Waals surface area (Å²) in [6, 6.07) is 15.7. The van der Waals surface area contributed by atoms with E-state index < -0.39 is 12.1 Å². The first-order chi connectivity index (χ1) is 21.3. The number of tetrazole rings is 1. The summed E-state index contributed by atoms with van der Waals surface area (Å²) in [6.45, 7) is 6.83. The minimum absolute atomic E-state index is 0.0850. The Labute approximate surface area is 256 Å². The van der Waals surface area contributed by atoms with Gasteiger partial charge in [0.1, 0.15) is 24.0 Å². The molecule has 0 unspecified atom stereocenters. The van der Waals surface area contributed by atoms with Crippen LogP contribution in [0.15, 0.2) is 60.9 Å². The molecule has 3 amide bonds. The maximum atomic E-state index is 13.7. The Bertz CT molecular complexity index is 1550. The lowest BCUT2D eigenvalue weighted by Crippen LogP contribution is -2.51. The Kier molecular flexibility index (Phi) is 9.72. The first-order valence-corrected chi connectivity index (χ1v) is 15.0. The van der Waals surface area contributed by atoms with Gasteiger partial charge in [0.25, 0.3) is 5.91 Å². The highest BCUT2D eigenvalue weighted by Crippen LogP contribution is 2.20. The number of rotatable bonds is 6. The quantitative estimate of drug-likeness (QED) is 0.343. The van der Waals surface area contributed by atoms with Gasteiger partial charge >= 0.3 is 0 Å². The van der Waals surface area contributed by atoms with Crippen molar-refractivity contribution in [1.29, 1.82) is 0 Å². The lowest BCUT2D eigenvalue weighted by Gasteiger charge is -2.28. The Morgan fingerprint density at radius 1 is 1.02 bits per heavy atom. The van der Waals surface area contributed by atoms with E-state index in [0.717, 1.165) is 11.3 Å². The second-order valence-electron chi connectivity index (χ2n) is 11.1. The van der Waals surface area contributed by atoms with Gasteiger partial charge in [0.15, 0.2) is 0 Å². The smallest absolute Gasteiger partial charge is 0.253 e. The molecule has 13 nitrogen and oxygen atoms in total. The first-order valence-electron chi connectivity index (χ1n) is 15.0. The van der Waals surface area contributed by atoms with Crippen LogP contribution in [0.4, 0.5) is 0 Å². The van der Waals surface area contributed by atoms with Gasteiger partial charge in [0.05, 0.1) is 18.3 Å². The zero-order valence-electron chi connectivity index (χ0n) is 25.3. The van der Waals surface area contributed by atoms with Crippen molar-refractivity contribution >= 4 is 17.7 Å². The molecule has 2 N–H and O–H groups in total. The molecule has 3 heterocycles. The van der Waals surface area contributed by atoms with Crippen molar-refractivity contribution in [2.24, 2.45) is 5.92 Å². The number of nitrogens with zero attached hydrogens (tertiary/aromatic N) is 8. The third-order valence-electron chi connectivity index (χ3n) is 7.96. The minimum Gasteiger partial charge on any atom is -0.344 e. The standard InChI is InChI=1S/C31H38N10O3/c1-4-21(2)28-30(43)34-26(19-23-9-6-5-7-10-23)29-33-22(3)36-40(29)18-17-39(16-8-11-27(42)35-28)31(44)24-12-14-25(15-13-24)41-20-32-37-38-41/h5-7,9-10,12-15,20-21,26,28H,4,8,11,16-19H2,1-3H3,(H,34,43)(H,35,42)/t21-,26-,28-/m0/s1. The molecule has 0 saturated carbocycles. The maximum Gasteiger partial charge on any atom is 0.253 e. The van der Waals surface area contributed by atoms with Crippen molar-refractivity contribution in [2.75, 3.05) is 13.1 Å². The van der Waals surface area contributed by atoms with Crippen molar-refractivity contribution in [3.05, 3.63) is 83.7 Å². The molecule has 3 atom stereocenters. The number of nitrogens with one attached hydrogen (secondary N) is 2. The van der Waals surface area contributed by atoms with E-state index in [1.54, 1.807) is 33.8 Å². The van der Waals surface area contributed by atoms with E-state index in [9.17, 15) is 14.4 Å². The van der Waals surface area contributed by atoms with Crippen LogP contribution in [0.2, 0.25) is 0 Å². The summed E-state index contributed by atoms with van der Waals surface area (Å²) < 4.78 is 3.30. The summed E-state index contributed by atoms with van der Waals surface area (Å²) in [5, 5.41) is 22.0. The van der Waals surface area contributed by atoms with Crippen LogP contribution in [0.1, 0.15) is 66.7 Å². The summed E-state index contributed by atoms with van der Waals surface area (Å²) >= 11 is 0. The number of carbonyl (C=O) groups is 3. The monoisotopic (exact) mass is 598 g/mol.